The number of pyridine rings is 1. The number of hydrogen-bond acceptors (Lipinski definition) is 4. The summed E-state index contributed by atoms with van der Waals surface area (Å²) in [5.74, 6) is 0. The highest BCUT2D eigenvalue weighted by atomic mass is 19.4. The lowest BCUT2D eigenvalue weighted by Crippen LogP contribution is -2.46. The highest BCUT2D eigenvalue weighted by molar-refractivity contribution is 5.49. The van der Waals surface area contributed by atoms with Crippen LogP contribution in [0.5, 0.6) is 0 Å². The van der Waals surface area contributed by atoms with Gasteiger partial charge < -0.3 is 15.0 Å². The van der Waals surface area contributed by atoms with Crippen LogP contribution >= 0.6 is 0 Å². The van der Waals surface area contributed by atoms with Gasteiger partial charge in [0.15, 0.2) is 0 Å². The largest absolute Gasteiger partial charge is 0.417 e. The first-order valence-electron chi connectivity index (χ1n) is 8.57. The van der Waals surface area contributed by atoms with E-state index in [1.165, 1.54) is 12.4 Å². The summed E-state index contributed by atoms with van der Waals surface area (Å²) in [5.41, 5.74) is -1.19. The molecule has 3 rings (SSSR count). The summed E-state index contributed by atoms with van der Waals surface area (Å²) in [7, 11) is 0. The second-order valence-electron chi connectivity index (χ2n) is 7.44. The minimum Gasteiger partial charge on any atom is -0.348 e. The molecule has 0 aromatic carbocycles. The van der Waals surface area contributed by atoms with Crippen molar-refractivity contribution in [1.29, 1.82) is 0 Å². The summed E-state index contributed by atoms with van der Waals surface area (Å²) in [5, 5.41) is -0.210. The van der Waals surface area contributed by atoms with Crippen LogP contribution in [0.2, 0.25) is 0 Å². The third kappa shape index (κ3) is 4.53. The maximum Gasteiger partial charge on any atom is 0.417 e. The van der Waals surface area contributed by atoms with Crippen LogP contribution in [0.1, 0.15) is 43.3 Å². The van der Waals surface area contributed by atoms with Gasteiger partial charge in [0.2, 0.25) is 0 Å². The summed E-state index contributed by atoms with van der Waals surface area (Å²) in [6.07, 6.45) is 1.32. The number of aromatic nitrogens is 5. The Kier molecular flexibility index (Phi) is 5.04. The van der Waals surface area contributed by atoms with E-state index in [0.29, 0.717) is 11.9 Å². The van der Waals surface area contributed by atoms with Crippen molar-refractivity contribution in [2.45, 2.75) is 32.4 Å². The van der Waals surface area contributed by atoms with Gasteiger partial charge in [-0.2, -0.15) is 13.2 Å². The lowest BCUT2D eigenvalue weighted by Gasteiger charge is -2.16. The molecule has 0 fully saturated rings. The summed E-state index contributed by atoms with van der Waals surface area (Å²) < 4.78 is 38.4. The normalized spacial score (nSPS) is 13.9. The number of halogens is 3. The maximum absolute atomic E-state index is 12.8. The average molecular weight is 405 g/mol. The zero-order valence-electron chi connectivity index (χ0n) is 15.8. The molecule has 3 heterocycles. The fourth-order valence-electron chi connectivity index (χ4n) is 2.71. The van der Waals surface area contributed by atoms with Crippen LogP contribution in [-0.2, 0) is 11.6 Å². The Bertz CT molecular complexity index is 1280. The van der Waals surface area contributed by atoms with Crippen molar-refractivity contribution in [3.05, 3.63) is 78.7 Å². The maximum atomic E-state index is 12.8. The summed E-state index contributed by atoms with van der Waals surface area (Å²) in [4.78, 5) is 40.3. The highest BCUT2D eigenvalue weighted by Crippen LogP contribution is 2.28. The van der Waals surface area contributed by atoms with Gasteiger partial charge in [0.25, 0.3) is 11.1 Å². The van der Waals surface area contributed by atoms with E-state index in [0.717, 1.165) is 24.0 Å². The fourth-order valence-corrected chi connectivity index (χ4v) is 2.71. The molecule has 152 valence electrons. The first kappa shape index (κ1) is 20.3. The van der Waals surface area contributed by atoms with Gasteiger partial charge in [-0.1, -0.05) is 20.8 Å². The first-order chi connectivity index (χ1) is 13.4. The van der Waals surface area contributed by atoms with Gasteiger partial charge in [-0.3, -0.25) is 14.6 Å². The van der Waals surface area contributed by atoms with E-state index in [-0.39, 0.29) is 21.7 Å². The van der Waals surface area contributed by atoms with Crippen LogP contribution in [0.3, 0.4) is 0 Å². The lowest BCUT2D eigenvalue weighted by molar-refractivity contribution is -0.137. The molecule has 0 saturated heterocycles. The number of aromatic amines is 3. The third-order valence-corrected chi connectivity index (χ3v) is 4.08. The van der Waals surface area contributed by atoms with Crippen LogP contribution in [-0.4, -0.2) is 24.9 Å². The van der Waals surface area contributed by atoms with E-state index < -0.39 is 22.9 Å². The SMILES string of the molecule is CC(C)(C)c1[nH]cnc1/C=c1\[nH]c(=O)/c(=C/c2cncc(C(F)(F)F)c2)[nH]c1=O. The molecule has 0 radical (unpaired) electrons. The van der Waals surface area contributed by atoms with Gasteiger partial charge in [0, 0.05) is 23.5 Å². The molecule has 3 N–H and O–H groups in total. The third-order valence-electron chi connectivity index (χ3n) is 4.08. The molecule has 0 saturated carbocycles. The van der Waals surface area contributed by atoms with Crippen LogP contribution in [0, 0.1) is 0 Å². The van der Waals surface area contributed by atoms with Gasteiger partial charge in [-0.25, -0.2) is 4.98 Å². The highest BCUT2D eigenvalue weighted by Gasteiger charge is 2.30. The van der Waals surface area contributed by atoms with Crippen molar-refractivity contribution in [3.63, 3.8) is 0 Å². The van der Waals surface area contributed by atoms with Crippen LogP contribution in [0.4, 0.5) is 13.2 Å². The average Bonchev–Trinajstić information content (AvgIpc) is 3.07. The molecule has 0 aliphatic carbocycles. The lowest BCUT2D eigenvalue weighted by atomic mass is 9.90. The predicted octanol–water partition coefficient (Wildman–Crippen LogP) is 1.16. The molecule has 0 aliphatic rings. The molecule has 29 heavy (non-hydrogen) atoms. The quantitative estimate of drug-likeness (QED) is 0.595. The second-order valence-corrected chi connectivity index (χ2v) is 7.44. The zero-order valence-corrected chi connectivity index (χ0v) is 15.8. The van der Waals surface area contributed by atoms with E-state index in [2.05, 4.69) is 24.9 Å². The van der Waals surface area contributed by atoms with Gasteiger partial charge in [0.05, 0.1) is 17.6 Å². The molecule has 0 bridgehead atoms. The molecular formula is C19H18F3N5O2. The van der Waals surface area contributed by atoms with Crippen molar-refractivity contribution in [3.8, 4) is 0 Å². The van der Waals surface area contributed by atoms with Gasteiger partial charge in [-0.05, 0) is 23.8 Å². The fraction of sp³-hybridized carbons (Fsp3) is 0.263. The van der Waals surface area contributed by atoms with E-state index in [1.807, 2.05) is 20.8 Å². The van der Waals surface area contributed by atoms with Crippen molar-refractivity contribution in [2.75, 3.05) is 0 Å². The van der Waals surface area contributed by atoms with E-state index in [9.17, 15) is 22.8 Å². The molecule has 0 amide bonds. The molecule has 0 atom stereocenters. The Morgan fingerprint density at radius 2 is 1.59 bits per heavy atom. The molecule has 7 nitrogen and oxygen atoms in total. The van der Waals surface area contributed by atoms with Crippen LogP contribution < -0.4 is 21.8 Å². The summed E-state index contributed by atoms with van der Waals surface area (Å²) in [6, 6.07) is 0.837. The van der Waals surface area contributed by atoms with Crippen molar-refractivity contribution in [2.24, 2.45) is 0 Å². The molecule has 0 aliphatic heterocycles. The van der Waals surface area contributed by atoms with Gasteiger partial charge in [0.1, 0.15) is 10.7 Å². The number of H-pyrrole nitrogens is 3. The summed E-state index contributed by atoms with van der Waals surface area (Å²) >= 11 is 0. The Morgan fingerprint density at radius 3 is 2.17 bits per heavy atom. The monoisotopic (exact) mass is 405 g/mol. The molecule has 3 aromatic rings. The van der Waals surface area contributed by atoms with E-state index in [4.69, 9.17) is 0 Å². The minimum absolute atomic E-state index is 0.0214. The van der Waals surface area contributed by atoms with Crippen LogP contribution in [0.25, 0.3) is 12.2 Å². The van der Waals surface area contributed by atoms with Crippen molar-refractivity contribution >= 4 is 12.2 Å². The second kappa shape index (κ2) is 7.19. The molecule has 3 aromatic heterocycles. The Labute approximate surface area is 162 Å². The number of rotatable bonds is 2. The molecule has 0 unspecified atom stereocenters. The molecular weight excluding hydrogens is 387 g/mol. The number of imidazole rings is 1. The smallest absolute Gasteiger partial charge is 0.348 e. The van der Waals surface area contributed by atoms with E-state index in [1.54, 1.807) is 0 Å². The number of alkyl halides is 3. The van der Waals surface area contributed by atoms with Gasteiger partial charge in [-0.15, -0.1) is 0 Å². The number of nitrogens with one attached hydrogen (secondary N) is 3. The molecule has 10 heteroatoms. The first-order valence-corrected chi connectivity index (χ1v) is 8.57. The number of hydrogen-bond donors (Lipinski definition) is 3. The van der Waals surface area contributed by atoms with Gasteiger partial charge >= 0.3 is 6.18 Å². The molecule has 0 spiro atoms. The van der Waals surface area contributed by atoms with Crippen molar-refractivity contribution < 1.29 is 13.2 Å². The topological polar surface area (TPSA) is 107 Å². The minimum atomic E-state index is -4.57. The Hall–Kier alpha value is -3.43. The number of nitrogens with zero attached hydrogens (tertiary/aromatic N) is 2. The Morgan fingerprint density at radius 1 is 0.966 bits per heavy atom. The predicted molar refractivity (Wildman–Crippen MR) is 101 cm³/mol. The Balaban J connectivity index is 2.11. The van der Waals surface area contributed by atoms with E-state index >= 15 is 0 Å². The standard InChI is InChI=1S/C19H18F3N5O2/c1-18(2,3)15-12(24-9-25-15)6-14-17(29)26-13(16(28)27-14)5-10-4-11(8-23-7-10)19(20,21)22/h4-9H,1-3H3,(H,24,25)(H,26,29)(H,27,28)/b13-5-,14-6-. The van der Waals surface area contributed by atoms with Crippen LogP contribution in [0.15, 0.2) is 34.4 Å². The van der Waals surface area contributed by atoms with Crippen molar-refractivity contribution in [1.82, 2.24) is 24.9 Å². The summed E-state index contributed by atoms with van der Waals surface area (Å²) in [6.45, 7) is 5.89. The zero-order chi connectivity index (χ0) is 21.4.